The minimum atomic E-state index is -0.355. The molecule has 2 saturated heterocycles. The summed E-state index contributed by atoms with van der Waals surface area (Å²) < 4.78 is 5.41. The summed E-state index contributed by atoms with van der Waals surface area (Å²) in [4.78, 5) is 30.7. The van der Waals surface area contributed by atoms with E-state index in [0.717, 1.165) is 68.5 Å². The number of aromatic nitrogens is 3. The molecule has 11 N–H and O–H groups in total. The standard InChI is InChI=1S/C24H31N7O2.ClH.2H3N.H2O.3H2/c1-16-12-21(32)33-20-13-18(7-8-19(16)20)26-22-27-23(30-9-3-2-4-10-30)29-24(28-22)31-11-5-6-17(14-25)15-31;;;;;;;/h7-8,12-13,17H,2-6,9-11,14-15,25H2,1H3,(H,26,27,28,29);1H;2*1H3;1H2;3*1H/t17-;;;;;;;/m1......./s1. The molecule has 1 aromatic carbocycles. The van der Waals surface area contributed by atoms with Gasteiger partial charge in [-0.05, 0) is 69.2 Å². The smallest absolute Gasteiger partial charge is 0.336 e. The quantitative estimate of drug-likeness (QED) is 0.338. The summed E-state index contributed by atoms with van der Waals surface area (Å²) in [6, 6.07) is 7.22. The molecule has 0 bridgehead atoms. The zero-order chi connectivity index (χ0) is 22.8. The number of hydrogen-bond donors (Lipinski definition) is 4. The molecular formula is C24H46ClN9O3. The lowest BCUT2D eigenvalue weighted by atomic mass is 9.99. The lowest BCUT2D eigenvalue weighted by molar-refractivity contribution is 0.419. The first kappa shape index (κ1) is 32.0. The highest BCUT2D eigenvalue weighted by molar-refractivity contribution is 5.85. The largest absolute Gasteiger partial charge is 0.423 e. The molecule has 12 nitrogen and oxygen atoms in total. The van der Waals surface area contributed by atoms with E-state index in [1.54, 1.807) is 0 Å². The van der Waals surface area contributed by atoms with Gasteiger partial charge in [0, 0.05) is 53.7 Å². The SMILES string of the molecule is Cc1cc(=O)oc2cc(Nc3nc(N4CCCCC4)nc(N4CCC[C@H](CN)C4)n3)ccc12.Cl.N.N.O.[HH].[HH].[HH]. The van der Waals surface area contributed by atoms with Crippen molar-refractivity contribution >= 4 is 46.9 Å². The molecule has 5 rings (SSSR count). The van der Waals surface area contributed by atoms with Crippen LogP contribution in [0.15, 0.2) is 33.5 Å². The molecular weight excluding hydrogens is 498 g/mol. The Kier molecular flexibility index (Phi) is 12.2. The molecule has 2 aliphatic rings. The second kappa shape index (κ2) is 14.1. The third kappa shape index (κ3) is 7.27. The van der Waals surface area contributed by atoms with Crippen molar-refractivity contribution in [2.45, 2.75) is 39.0 Å². The maximum Gasteiger partial charge on any atom is 0.336 e. The molecule has 0 aliphatic carbocycles. The fourth-order valence-corrected chi connectivity index (χ4v) is 4.76. The molecule has 3 aromatic rings. The number of hydrogen-bond acceptors (Lipinski definition) is 11. The molecule has 4 heterocycles. The van der Waals surface area contributed by atoms with Crippen LogP contribution < -0.4 is 38.8 Å². The van der Waals surface area contributed by atoms with Crippen LogP contribution in [0, 0.1) is 12.8 Å². The Bertz CT molecular complexity index is 1220. The number of halogens is 1. The first-order valence-corrected chi connectivity index (χ1v) is 11.9. The fraction of sp³-hybridized carbons (Fsp3) is 0.500. The minimum Gasteiger partial charge on any atom is -0.423 e. The Hall–Kier alpha value is -3.03. The van der Waals surface area contributed by atoms with Gasteiger partial charge in [0.25, 0.3) is 0 Å². The number of nitrogens with two attached hydrogens (primary N) is 1. The van der Waals surface area contributed by atoms with Crippen molar-refractivity contribution in [3.8, 4) is 0 Å². The van der Waals surface area contributed by atoms with E-state index in [4.69, 9.17) is 25.1 Å². The van der Waals surface area contributed by atoms with E-state index >= 15 is 0 Å². The van der Waals surface area contributed by atoms with Crippen LogP contribution in [0.1, 0.15) is 41.9 Å². The maximum atomic E-state index is 11.8. The van der Waals surface area contributed by atoms with Gasteiger partial charge in [-0.25, -0.2) is 4.79 Å². The molecule has 37 heavy (non-hydrogen) atoms. The van der Waals surface area contributed by atoms with Gasteiger partial charge in [0.15, 0.2) is 0 Å². The van der Waals surface area contributed by atoms with E-state index in [0.29, 0.717) is 35.9 Å². The van der Waals surface area contributed by atoms with E-state index < -0.39 is 0 Å². The van der Waals surface area contributed by atoms with Gasteiger partial charge in [0.1, 0.15) is 5.58 Å². The highest BCUT2D eigenvalue weighted by atomic mass is 35.5. The van der Waals surface area contributed by atoms with E-state index in [9.17, 15) is 4.79 Å². The van der Waals surface area contributed by atoms with Crippen molar-refractivity contribution in [1.29, 1.82) is 0 Å². The summed E-state index contributed by atoms with van der Waals surface area (Å²) in [5, 5.41) is 4.23. The first-order valence-electron chi connectivity index (χ1n) is 11.9. The number of nitrogens with zero attached hydrogens (tertiary/aromatic N) is 5. The van der Waals surface area contributed by atoms with Crippen LogP contribution in [0.4, 0.5) is 23.5 Å². The van der Waals surface area contributed by atoms with Gasteiger partial charge in [-0.15, -0.1) is 12.4 Å². The van der Waals surface area contributed by atoms with Crippen molar-refractivity contribution in [3.63, 3.8) is 0 Å². The van der Waals surface area contributed by atoms with Gasteiger partial charge in [0.05, 0.1) is 0 Å². The molecule has 0 radical (unpaired) electrons. The van der Waals surface area contributed by atoms with Gasteiger partial charge in [-0.2, -0.15) is 15.0 Å². The Morgan fingerprint density at radius 1 is 1.03 bits per heavy atom. The molecule has 212 valence electrons. The zero-order valence-corrected chi connectivity index (χ0v) is 22.2. The van der Waals surface area contributed by atoms with Gasteiger partial charge in [0.2, 0.25) is 17.8 Å². The monoisotopic (exact) mass is 543 g/mol. The third-order valence-corrected chi connectivity index (χ3v) is 6.59. The fourth-order valence-electron chi connectivity index (χ4n) is 4.76. The van der Waals surface area contributed by atoms with Crippen LogP contribution in [0.5, 0.6) is 0 Å². The summed E-state index contributed by atoms with van der Waals surface area (Å²) >= 11 is 0. The molecule has 1 atom stereocenters. The summed E-state index contributed by atoms with van der Waals surface area (Å²) in [5.41, 5.74) is 7.79. The van der Waals surface area contributed by atoms with Gasteiger partial charge in [-0.3, -0.25) is 0 Å². The minimum absolute atomic E-state index is 0. The Balaban J connectivity index is -0.00000196. The molecule has 2 aromatic heterocycles. The highest BCUT2D eigenvalue weighted by Gasteiger charge is 2.24. The zero-order valence-electron chi connectivity index (χ0n) is 21.4. The van der Waals surface area contributed by atoms with Crippen molar-refractivity contribution in [2.24, 2.45) is 11.7 Å². The number of rotatable bonds is 5. The lowest BCUT2D eigenvalue weighted by Crippen LogP contribution is -2.40. The second-order valence-corrected chi connectivity index (χ2v) is 9.08. The Morgan fingerprint density at radius 2 is 1.70 bits per heavy atom. The van der Waals surface area contributed by atoms with Crippen molar-refractivity contribution in [1.82, 2.24) is 27.3 Å². The number of fused-ring (bicyclic) bond motifs is 1. The molecule has 0 unspecified atom stereocenters. The number of anilines is 4. The molecule has 0 saturated carbocycles. The number of nitrogens with one attached hydrogen (secondary N) is 1. The van der Waals surface area contributed by atoms with Gasteiger partial charge in [-0.1, -0.05) is 0 Å². The van der Waals surface area contributed by atoms with Crippen LogP contribution in [0.3, 0.4) is 0 Å². The van der Waals surface area contributed by atoms with Crippen molar-refractivity contribution < 1.29 is 14.2 Å². The summed E-state index contributed by atoms with van der Waals surface area (Å²) in [6.07, 6.45) is 5.76. The lowest BCUT2D eigenvalue weighted by Gasteiger charge is -2.33. The van der Waals surface area contributed by atoms with Gasteiger partial charge >= 0.3 is 5.63 Å². The van der Waals surface area contributed by atoms with E-state index in [1.165, 1.54) is 12.5 Å². The van der Waals surface area contributed by atoms with E-state index in [2.05, 4.69) is 15.1 Å². The number of benzene rings is 1. The van der Waals surface area contributed by atoms with E-state index in [-0.39, 0.29) is 40.1 Å². The van der Waals surface area contributed by atoms with Crippen molar-refractivity contribution in [3.05, 3.63) is 40.2 Å². The topological polar surface area (TPSA) is 215 Å². The highest BCUT2D eigenvalue weighted by Crippen LogP contribution is 2.27. The maximum absolute atomic E-state index is 11.8. The molecule has 2 aliphatic heterocycles. The predicted octanol–water partition coefficient (Wildman–Crippen LogP) is 3.85. The Labute approximate surface area is 227 Å². The number of aryl methyl sites for hydroxylation is 1. The van der Waals surface area contributed by atoms with Gasteiger partial charge < -0.3 is 43.0 Å². The van der Waals surface area contributed by atoms with E-state index in [1.807, 2.05) is 25.1 Å². The van der Waals surface area contributed by atoms with Crippen LogP contribution >= 0.6 is 12.4 Å². The van der Waals surface area contributed by atoms with Crippen LogP contribution in [-0.2, 0) is 0 Å². The second-order valence-electron chi connectivity index (χ2n) is 9.08. The summed E-state index contributed by atoms with van der Waals surface area (Å²) in [5.74, 6) is 2.34. The first-order chi connectivity index (χ1) is 16.1. The van der Waals surface area contributed by atoms with Crippen LogP contribution in [0.2, 0.25) is 0 Å². The number of piperidine rings is 2. The molecule has 0 amide bonds. The summed E-state index contributed by atoms with van der Waals surface area (Å²) in [7, 11) is 0. The third-order valence-electron chi connectivity index (χ3n) is 6.59. The summed E-state index contributed by atoms with van der Waals surface area (Å²) in [6.45, 7) is 6.26. The Morgan fingerprint density at radius 3 is 2.41 bits per heavy atom. The van der Waals surface area contributed by atoms with Crippen LogP contribution in [-0.4, -0.2) is 53.2 Å². The molecule has 2 fully saturated rings. The average molecular weight is 544 g/mol. The predicted molar refractivity (Wildman–Crippen MR) is 158 cm³/mol. The average Bonchev–Trinajstić information content (AvgIpc) is 2.84. The molecule has 13 heteroatoms. The van der Waals surface area contributed by atoms with Crippen LogP contribution in [0.25, 0.3) is 11.0 Å². The molecule has 0 spiro atoms. The van der Waals surface area contributed by atoms with Crippen molar-refractivity contribution in [2.75, 3.05) is 47.8 Å². The normalized spacial score (nSPS) is 17.1.